The number of benzene rings is 3. The van der Waals surface area contributed by atoms with E-state index in [1.807, 2.05) is 49.5 Å². The van der Waals surface area contributed by atoms with E-state index in [1.165, 1.54) is 6.92 Å². The van der Waals surface area contributed by atoms with Gasteiger partial charge in [-0.2, -0.15) is 0 Å². The molecule has 0 radical (unpaired) electrons. The lowest BCUT2D eigenvalue weighted by Crippen LogP contribution is -2.19. The van der Waals surface area contributed by atoms with Gasteiger partial charge in [-0.25, -0.2) is 0 Å². The van der Waals surface area contributed by atoms with Gasteiger partial charge in [0.2, 0.25) is 0 Å². The third kappa shape index (κ3) is 2.73. The van der Waals surface area contributed by atoms with Gasteiger partial charge in [0.15, 0.2) is 5.75 Å². The highest BCUT2D eigenvalue weighted by atomic mass is 16.5. The smallest absolute Gasteiger partial charge is 0.308 e. The third-order valence-corrected chi connectivity index (χ3v) is 4.30. The monoisotopic (exact) mass is 345 g/mol. The number of carbonyl (C=O) groups excluding carboxylic acids is 1. The molecule has 0 amide bonds. The van der Waals surface area contributed by atoms with Crippen LogP contribution in [-0.4, -0.2) is 13.0 Å². The van der Waals surface area contributed by atoms with Gasteiger partial charge in [-0.3, -0.25) is 4.79 Å². The molecule has 3 aromatic rings. The Morgan fingerprint density at radius 2 is 1.81 bits per heavy atom. The molecule has 0 fully saturated rings. The maximum atomic E-state index is 11.5. The standard InChI is InChI=1S/C21H19N3O2/c1-14(25)26-20-10-6-9-18-21(20)23-17-12-11-15(22-2)13-19(17)24(18)16-7-4-3-5-8-16/h3-13,22-23H,1-2H3. The predicted octanol–water partition coefficient (Wildman–Crippen LogP) is 5.18. The van der Waals surface area contributed by atoms with Gasteiger partial charge < -0.3 is 20.3 Å². The van der Waals surface area contributed by atoms with Crippen LogP contribution in [0.1, 0.15) is 6.92 Å². The zero-order valence-electron chi connectivity index (χ0n) is 14.6. The first-order valence-corrected chi connectivity index (χ1v) is 8.43. The maximum absolute atomic E-state index is 11.5. The van der Waals surface area contributed by atoms with Crippen LogP contribution in [0.15, 0.2) is 66.7 Å². The Hall–Kier alpha value is -3.47. The molecular weight excluding hydrogens is 326 g/mol. The Balaban J connectivity index is 1.94. The molecule has 0 aromatic heterocycles. The number of nitrogens with zero attached hydrogens (tertiary/aromatic N) is 1. The van der Waals surface area contributed by atoms with Crippen molar-refractivity contribution < 1.29 is 9.53 Å². The SMILES string of the molecule is CNc1ccc2c(c1)N(c1ccccc1)c1cccc(OC(C)=O)c1N2. The van der Waals surface area contributed by atoms with Gasteiger partial charge in [0.05, 0.1) is 17.1 Å². The summed E-state index contributed by atoms with van der Waals surface area (Å²) in [6, 6.07) is 21.9. The molecule has 0 aliphatic carbocycles. The van der Waals surface area contributed by atoms with Crippen LogP contribution in [0, 0.1) is 0 Å². The van der Waals surface area contributed by atoms with E-state index in [0.29, 0.717) is 5.75 Å². The first-order valence-electron chi connectivity index (χ1n) is 8.43. The van der Waals surface area contributed by atoms with Crippen molar-refractivity contribution in [1.29, 1.82) is 0 Å². The molecular formula is C21H19N3O2. The predicted molar refractivity (Wildman–Crippen MR) is 105 cm³/mol. The molecule has 5 heteroatoms. The molecule has 4 rings (SSSR count). The number of hydrogen-bond acceptors (Lipinski definition) is 5. The third-order valence-electron chi connectivity index (χ3n) is 4.30. The average Bonchev–Trinajstić information content (AvgIpc) is 2.66. The van der Waals surface area contributed by atoms with E-state index in [2.05, 4.69) is 33.7 Å². The highest BCUT2D eigenvalue weighted by Crippen LogP contribution is 2.51. The van der Waals surface area contributed by atoms with Crippen LogP contribution in [0.5, 0.6) is 5.75 Å². The number of hydrogen-bond donors (Lipinski definition) is 2. The summed E-state index contributed by atoms with van der Waals surface area (Å²) in [5, 5.41) is 6.61. The summed E-state index contributed by atoms with van der Waals surface area (Å²) in [5.41, 5.74) is 5.72. The van der Waals surface area contributed by atoms with Crippen LogP contribution < -0.4 is 20.3 Å². The van der Waals surface area contributed by atoms with Crippen LogP contribution in [0.2, 0.25) is 0 Å². The van der Waals surface area contributed by atoms with E-state index < -0.39 is 0 Å². The molecule has 0 unspecified atom stereocenters. The Morgan fingerprint density at radius 1 is 1.00 bits per heavy atom. The molecule has 26 heavy (non-hydrogen) atoms. The van der Waals surface area contributed by atoms with Crippen molar-refractivity contribution in [2.45, 2.75) is 6.92 Å². The number of anilines is 6. The van der Waals surface area contributed by atoms with Crippen molar-refractivity contribution in [2.75, 3.05) is 22.6 Å². The van der Waals surface area contributed by atoms with E-state index in [9.17, 15) is 4.79 Å². The molecule has 2 N–H and O–H groups in total. The number of carbonyl (C=O) groups is 1. The molecule has 5 nitrogen and oxygen atoms in total. The lowest BCUT2D eigenvalue weighted by atomic mass is 10.1. The number of esters is 1. The Kier molecular flexibility index (Phi) is 3.97. The Bertz CT molecular complexity index is 970. The largest absolute Gasteiger partial charge is 0.424 e. The van der Waals surface area contributed by atoms with E-state index in [-0.39, 0.29) is 5.97 Å². The van der Waals surface area contributed by atoms with Gasteiger partial charge in [0.25, 0.3) is 0 Å². The first kappa shape index (κ1) is 16.0. The minimum Gasteiger partial charge on any atom is -0.424 e. The summed E-state index contributed by atoms with van der Waals surface area (Å²) in [6.45, 7) is 1.41. The second kappa shape index (κ2) is 6.44. The molecule has 0 atom stereocenters. The van der Waals surface area contributed by atoms with Crippen LogP contribution in [0.4, 0.5) is 34.1 Å². The average molecular weight is 345 g/mol. The van der Waals surface area contributed by atoms with E-state index in [0.717, 1.165) is 34.1 Å². The van der Waals surface area contributed by atoms with Crippen molar-refractivity contribution >= 4 is 40.1 Å². The van der Waals surface area contributed by atoms with Gasteiger partial charge in [0, 0.05) is 25.3 Å². The molecule has 3 aromatic carbocycles. The second-order valence-electron chi connectivity index (χ2n) is 6.02. The lowest BCUT2D eigenvalue weighted by molar-refractivity contribution is -0.131. The molecule has 0 saturated heterocycles. The number of para-hydroxylation sites is 2. The fraction of sp³-hybridized carbons (Fsp3) is 0.0952. The second-order valence-corrected chi connectivity index (χ2v) is 6.02. The summed E-state index contributed by atoms with van der Waals surface area (Å²) < 4.78 is 5.42. The number of ether oxygens (including phenoxy) is 1. The van der Waals surface area contributed by atoms with E-state index in [4.69, 9.17) is 4.74 Å². The zero-order chi connectivity index (χ0) is 18.1. The lowest BCUT2D eigenvalue weighted by Gasteiger charge is -2.34. The fourth-order valence-corrected chi connectivity index (χ4v) is 3.17. The van der Waals surface area contributed by atoms with Crippen LogP contribution in [0.25, 0.3) is 0 Å². The zero-order valence-corrected chi connectivity index (χ0v) is 14.6. The first-order chi connectivity index (χ1) is 12.7. The van der Waals surface area contributed by atoms with Crippen molar-refractivity contribution in [2.24, 2.45) is 0 Å². The number of nitrogens with one attached hydrogen (secondary N) is 2. The highest BCUT2D eigenvalue weighted by Gasteiger charge is 2.27. The quantitative estimate of drug-likeness (QED) is 0.396. The van der Waals surface area contributed by atoms with Crippen molar-refractivity contribution in [1.82, 2.24) is 0 Å². The number of rotatable bonds is 3. The normalized spacial score (nSPS) is 11.8. The Labute approximate surface area is 152 Å². The van der Waals surface area contributed by atoms with Gasteiger partial charge in [0.1, 0.15) is 5.69 Å². The summed E-state index contributed by atoms with van der Waals surface area (Å²) in [5.74, 6) is 0.169. The van der Waals surface area contributed by atoms with Crippen LogP contribution in [0.3, 0.4) is 0 Å². The molecule has 1 aliphatic heterocycles. The molecule has 0 spiro atoms. The molecule has 1 heterocycles. The number of fused-ring (bicyclic) bond motifs is 2. The van der Waals surface area contributed by atoms with Gasteiger partial charge >= 0.3 is 5.97 Å². The van der Waals surface area contributed by atoms with Crippen molar-refractivity contribution in [3.8, 4) is 5.75 Å². The van der Waals surface area contributed by atoms with Gasteiger partial charge in [-0.1, -0.05) is 24.3 Å². The summed E-state index contributed by atoms with van der Waals surface area (Å²) in [4.78, 5) is 13.7. The van der Waals surface area contributed by atoms with Crippen molar-refractivity contribution in [3.05, 3.63) is 66.7 Å². The summed E-state index contributed by atoms with van der Waals surface area (Å²) in [7, 11) is 1.90. The van der Waals surface area contributed by atoms with Crippen LogP contribution in [-0.2, 0) is 4.79 Å². The van der Waals surface area contributed by atoms with Gasteiger partial charge in [-0.15, -0.1) is 0 Å². The van der Waals surface area contributed by atoms with Crippen LogP contribution >= 0.6 is 0 Å². The van der Waals surface area contributed by atoms with Crippen molar-refractivity contribution in [3.63, 3.8) is 0 Å². The maximum Gasteiger partial charge on any atom is 0.308 e. The Morgan fingerprint density at radius 3 is 2.54 bits per heavy atom. The minimum atomic E-state index is -0.345. The summed E-state index contributed by atoms with van der Waals surface area (Å²) in [6.07, 6.45) is 0. The fourth-order valence-electron chi connectivity index (χ4n) is 3.17. The van der Waals surface area contributed by atoms with E-state index in [1.54, 1.807) is 6.07 Å². The topological polar surface area (TPSA) is 53.6 Å². The van der Waals surface area contributed by atoms with E-state index >= 15 is 0 Å². The molecule has 0 saturated carbocycles. The van der Waals surface area contributed by atoms with Gasteiger partial charge in [-0.05, 0) is 42.5 Å². The summed E-state index contributed by atoms with van der Waals surface area (Å²) >= 11 is 0. The molecule has 1 aliphatic rings. The minimum absolute atomic E-state index is 0.345. The highest BCUT2D eigenvalue weighted by molar-refractivity contribution is 6.00. The molecule has 0 bridgehead atoms. The molecule has 130 valence electrons.